The van der Waals surface area contributed by atoms with Crippen LogP contribution in [0.1, 0.15) is 39.5 Å². The topological polar surface area (TPSA) is 26.3 Å². The van der Waals surface area contributed by atoms with E-state index in [4.69, 9.17) is 4.74 Å². The Hall–Kier alpha value is -1.57. The van der Waals surface area contributed by atoms with Gasteiger partial charge in [0.25, 0.3) is 0 Å². The molecule has 0 atom stereocenters. The highest BCUT2D eigenvalue weighted by Crippen LogP contribution is 2.11. The second-order valence-electron chi connectivity index (χ2n) is 4.09. The van der Waals surface area contributed by atoms with Crippen molar-refractivity contribution in [1.82, 2.24) is 0 Å². The summed E-state index contributed by atoms with van der Waals surface area (Å²) in [5.74, 6) is 0.339. The molecule has 92 valence electrons. The van der Waals surface area contributed by atoms with Crippen LogP contribution in [0.3, 0.4) is 0 Å². The third-order valence-electron chi connectivity index (χ3n) is 2.53. The summed E-state index contributed by atoms with van der Waals surface area (Å²) in [6, 6.07) is 9.15. The maximum Gasteiger partial charge on any atom is 0.338 e. The highest BCUT2D eigenvalue weighted by molar-refractivity contribution is 5.89. The number of para-hydroxylation sites is 1. The fourth-order valence-electron chi connectivity index (χ4n) is 1.47. The predicted octanol–water partition coefficient (Wildman–Crippen LogP) is 4.12. The molecule has 0 amide bonds. The largest absolute Gasteiger partial charge is 0.423 e. The minimum atomic E-state index is -0.257. The lowest BCUT2D eigenvalue weighted by atomic mass is 10.1. The number of esters is 1. The van der Waals surface area contributed by atoms with Crippen LogP contribution in [0.5, 0.6) is 5.75 Å². The number of hydrogen-bond donors (Lipinski definition) is 0. The molecule has 2 nitrogen and oxygen atoms in total. The van der Waals surface area contributed by atoms with Crippen LogP contribution >= 0.6 is 0 Å². The van der Waals surface area contributed by atoms with Gasteiger partial charge in [-0.1, -0.05) is 44.0 Å². The monoisotopic (exact) mass is 232 g/mol. The molecule has 0 radical (unpaired) electrons. The summed E-state index contributed by atoms with van der Waals surface area (Å²) in [6.45, 7) is 3.97. The van der Waals surface area contributed by atoms with Crippen LogP contribution in [0.25, 0.3) is 0 Å². The lowest BCUT2D eigenvalue weighted by Gasteiger charge is -2.03. The quantitative estimate of drug-likeness (QED) is 0.319. The van der Waals surface area contributed by atoms with Crippen molar-refractivity contribution in [2.75, 3.05) is 0 Å². The molecule has 0 unspecified atom stereocenters. The van der Waals surface area contributed by atoms with Crippen molar-refractivity contribution in [3.05, 3.63) is 42.0 Å². The normalized spacial score (nSPS) is 11.3. The molecule has 0 aliphatic rings. The van der Waals surface area contributed by atoms with Crippen molar-refractivity contribution in [3.8, 4) is 5.75 Å². The average Bonchev–Trinajstić information content (AvgIpc) is 2.35. The summed E-state index contributed by atoms with van der Waals surface area (Å²) < 4.78 is 5.23. The van der Waals surface area contributed by atoms with Crippen LogP contribution in [0.4, 0.5) is 0 Å². The van der Waals surface area contributed by atoms with Crippen molar-refractivity contribution < 1.29 is 9.53 Å². The first-order chi connectivity index (χ1) is 8.24. The van der Waals surface area contributed by atoms with Gasteiger partial charge in [0.05, 0.1) is 0 Å². The predicted molar refractivity (Wildman–Crippen MR) is 70.0 cm³/mol. The SMILES string of the molecule is CCCCCC=C(C)C(=O)Oc1ccccc1. The van der Waals surface area contributed by atoms with Crippen LogP contribution in [0, 0.1) is 0 Å². The maximum absolute atomic E-state index is 11.7. The first-order valence-corrected chi connectivity index (χ1v) is 6.18. The van der Waals surface area contributed by atoms with E-state index in [2.05, 4.69) is 6.92 Å². The minimum absolute atomic E-state index is 0.257. The summed E-state index contributed by atoms with van der Waals surface area (Å²) in [4.78, 5) is 11.7. The number of rotatable bonds is 6. The summed E-state index contributed by atoms with van der Waals surface area (Å²) in [6.07, 6.45) is 6.44. The number of ether oxygens (including phenoxy) is 1. The van der Waals surface area contributed by atoms with E-state index in [1.807, 2.05) is 24.3 Å². The number of carbonyl (C=O) groups is 1. The van der Waals surface area contributed by atoms with Gasteiger partial charge in [-0.2, -0.15) is 0 Å². The zero-order valence-electron chi connectivity index (χ0n) is 10.6. The first-order valence-electron chi connectivity index (χ1n) is 6.18. The van der Waals surface area contributed by atoms with Gasteiger partial charge in [0.2, 0.25) is 0 Å². The van der Waals surface area contributed by atoms with Gasteiger partial charge in [0.1, 0.15) is 5.75 Å². The van der Waals surface area contributed by atoms with Gasteiger partial charge in [0, 0.05) is 5.57 Å². The van der Waals surface area contributed by atoms with E-state index in [1.54, 1.807) is 19.1 Å². The van der Waals surface area contributed by atoms with Crippen molar-refractivity contribution in [3.63, 3.8) is 0 Å². The fraction of sp³-hybridized carbons (Fsp3) is 0.400. The Labute approximate surface area is 103 Å². The van der Waals surface area contributed by atoms with Crippen molar-refractivity contribution in [2.24, 2.45) is 0 Å². The van der Waals surface area contributed by atoms with Crippen molar-refractivity contribution in [2.45, 2.75) is 39.5 Å². The van der Waals surface area contributed by atoms with E-state index in [-0.39, 0.29) is 5.97 Å². The van der Waals surface area contributed by atoms with Crippen LogP contribution in [0.2, 0.25) is 0 Å². The van der Waals surface area contributed by atoms with E-state index in [0.29, 0.717) is 11.3 Å². The highest BCUT2D eigenvalue weighted by atomic mass is 16.5. The van der Waals surface area contributed by atoms with Crippen LogP contribution < -0.4 is 4.74 Å². The zero-order chi connectivity index (χ0) is 12.5. The fourth-order valence-corrected chi connectivity index (χ4v) is 1.47. The van der Waals surface area contributed by atoms with Crippen LogP contribution in [-0.4, -0.2) is 5.97 Å². The van der Waals surface area contributed by atoms with Crippen molar-refractivity contribution in [1.29, 1.82) is 0 Å². The van der Waals surface area contributed by atoms with Gasteiger partial charge in [-0.3, -0.25) is 0 Å². The Morgan fingerprint density at radius 2 is 1.94 bits per heavy atom. The van der Waals surface area contributed by atoms with Gasteiger partial charge in [-0.15, -0.1) is 0 Å². The third kappa shape index (κ3) is 5.34. The highest BCUT2D eigenvalue weighted by Gasteiger charge is 2.06. The second-order valence-corrected chi connectivity index (χ2v) is 4.09. The number of hydrogen-bond acceptors (Lipinski definition) is 2. The summed E-state index contributed by atoms with van der Waals surface area (Å²) in [5, 5.41) is 0. The number of unbranched alkanes of at least 4 members (excludes halogenated alkanes) is 3. The molecule has 0 saturated heterocycles. The minimum Gasteiger partial charge on any atom is -0.423 e. The van der Waals surface area contributed by atoms with Gasteiger partial charge in [-0.05, 0) is 31.9 Å². The molecule has 17 heavy (non-hydrogen) atoms. The smallest absolute Gasteiger partial charge is 0.338 e. The molecule has 0 aliphatic heterocycles. The number of carbonyl (C=O) groups excluding carboxylic acids is 1. The average molecular weight is 232 g/mol. The van der Waals surface area contributed by atoms with Crippen LogP contribution in [-0.2, 0) is 4.79 Å². The molecule has 0 N–H and O–H groups in total. The Morgan fingerprint density at radius 1 is 1.24 bits per heavy atom. The molecular weight excluding hydrogens is 212 g/mol. The lowest BCUT2D eigenvalue weighted by molar-refractivity contribution is -0.130. The van der Waals surface area contributed by atoms with Gasteiger partial charge >= 0.3 is 5.97 Å². The summed E-state index contributed by atoms with van der Waals surface area (Å²) in [5.41, 5.74) is 0.685. The number of allylic oxidation sites excluding steroid dienone is 1. The van der Waals surface area contributed by atoms with E-state index in [1.165, 1.54) is 12.8 Å². The van der Waals surface area contributed by atoms with Gasteiger partial charge in [0.15, 0.2) is 0 Å². The standard InChI is InChI=1S/C15H20O2/c1-3-4-5-7-10-13(2)15(16)17-14-11-8-6-9-12-14/h6,8-12H,3-5,7H2,1-2H3. The molecule has 1 aromatic rings. The Balaban J connectivity index is 2.41. The lowest BCUT2D eigenvalue weighted by Crippen LogP contribution is -2.09. The zero-order valence-corrected chi connectivity index (χ0v) is 10.6. The first kappa shape index (κ1) is 13.5. The van der Waals surface area contributed by atoms with Crippen molar-refractivity contribution >= 4 is 5.97 Å². The second kappa shape index (κ2) is 7.66. The molecular formula is C15H20O2. The molecule has 1 aromatic carbocycles. The Morgan fingerprint density at radius 3 is 2.59 bits per heavy atom. The van der Waals surface area contributed by atoms with Crippen LogP contribution in [0.15, 0.2) is 42.0 Å². The molecule has 0 spiro atoms. The Bertz CT molecular complexity index is 366. The number of benzene rings is 1. The molecule has 0 aliphatic carbocycles. The molecule has 0 fully saturated rings. The van der Waals surface area contributed by atoms with E-state index in [0.717, 1.165) is 12.8 Å². The maximum atomic E-state index is 11.7. The summed E-state index contributed by atoms with van der Waals surface area (Å²) in [7, 11) is 0. The van der Waals surface area contributed by atoms with Gasteiger partial charge in [-0.25, -0.2) is 4.79 Å². The van der Waals surface area contributed by atoms with E-state index < -0.39 is 0 Å². The molecule has 0 bridgehead atoms. The molecule has 2 heteroatoms. The molecule has 0 saturated carbocycles. The molecule has 1 rings (SSSR count). The molecule has 0 heterocycles. The Kier molecular flexibility index (Phi) is 6.08. The van der Waals surface area contributed by atoms with E-state index in [9.17, 15) is 4.79 Å². The molecule has 0 aromatic heterocycles. The van der Waals surface area contributed by atoms with Gasteiger partial charge < -0.3 is 4.74 Å². The summed E-state index contributed by atoms with van der Waals surface area (Å²) >= 11 is 0. The van der Waals surface area contributed by atoms with E-state index >= 15 is 0 Å². The third-order valence-corrected chi connectivity index (χ3v) is 2.53.